The number of carbonyl (C=O) groups is 4. The van der Waals surface area contributed by atoms with Crippen LogP contribution in [0.4, 0.5) is 0 Å². The van der Waals surface area contributed by atoms with Crippen molar-refractivity contribution in [1.82, 2.24) is 15.1 Å². The number of hydrogen-bond donors (Lipinski definition) is 2. The molecular formula is C41H50BrN3O7. The van der Waals surface area contributed by atoms with Crippen LogP contribution in [0.3, 0.4) is 0 Å². The average Bonchev–Trinajstić information content (AvgIpc) is 3.69. The van der Waals surface area contributed by atoms with Gasteiger partial charge in [0.1, 0.15) is 29.8 Å². The van der Waals surface area contributed by atoms with Gasteiger partial charge >= 0.3 is 5.97 Å². The summed E-state index contributed by atoms with van der Waals surface area (Å²) in [6.45, 7) is 10.3. The standard InChI is InChI=1S/C41H50BrN3O7/c1-39(2,3)25-40(4,5)44-20-14-8-13-19-31(47)43-23-30(27-17-11-7-12-18-27)51-38(50)32-33-36(48)45(28(24-46)21-26-15-9-6-10-16-26)35(37(44)49)41(33)22-29(42)34(32)52-41/h6-12,14-18,22,28,30,32-35,46H,13,19-21,23-25H2,1-5H3,(H,43,47)/b14-8-/t28-,30+,32+,33-,34+,35+,41-/m1/s1. The molecule has 0 unspecified atom stereocenters. The van der Waals surface area contributed by atoms with Crippen LogP contribution >= 0.6 is 15.9 Å². The molecule has 3 amide bonds. The van der Waals surface area contributed by atoms with E-state index in [1.165, 1.54) is 4.90 Å². The Morgan fingerprint density at radius 3 is 2.29 bits per heavy atom. The molecule has 4 aliphatic rings. The number of likely N-dealkylation sites (tertiary alicyclic amines) is 1. The first-order valence-corrected chi connectivity index (χ1v) is 19.0. The van der Waals surface area contributed by atoms with Gasteiger partial charge in [0.15, 0.2) is 0 Å². The Morgan fingerprint density at radius 1 is 0.962 bits per heavy atom. The van der Waals surface area contributed by atoms with Gasteiger partial charge in [-0.2, -0.15) is 0 Å². The zero-order valence-electron chi connectivity index (χ0n) is 30.6. The molecule has 2 fully saturated rings. The van der Waals surface area contributed by atoms with E-state index < -0.39 is 65.8 Å². The molecule has 2 aromatic rings. The molecule has 0 aromatic heterocycles. The molecule has 2 saturated heterocycles. The van der Waals surface area contributed by atoms with E-state index in [0.717, 1.165) is 5.56 Å². The highest BCUT2D eigenvalue weighted by Gasteiger charge is 2.75. The second-order valence-electron chi connectivity index (χ2n) is 16.2. The van der Waals surface area contributed by atoms with Gasteiger partial charge in [0.05, 0.1) is 25.1 Å². The maximum atomic E-state index is 15.5. The molecule has 6 rings (SSSR count). The fourth-order valence-electron chi connectivity index (χ4n) is 8.83. The summed E-state index contributed by atoms with van der Waals surface area (Å²) < 4.78 is 13.5. The first-order chi connectivity index (χ1) is 24.7. The first kappa shape index (κ1) is 37.9. The molecule has 4 aliphatic heterocycles. The number of rotatable bonds is 7. The molecule has 52 heavy (non-hydrogen) atoms. The molecule has 10 nitrogen and oxygen atoms in total. The molecule has 1 spiro atoms. The molecule has 5 bridgehead atoms. The summed E-state index contributed by atoms with van der Waals surface area (Å²) in [6.07, 6.45) is 5.49. The fraction of sp³-hybridized carbons (Fsp3) is 0.512. The largest absolute Gasteiger partial charge is 0.455 e. The van der Waals surface area contributed by atoms with Gasteiger partial charge in [0, 0.05) is 23.0 Å². The Kier molecular flexibility index (Phi) is 10.9. The molecule has 0 saturated carbocycles. The molecule has 0 aliphatic carbocycles. The van der Waals surface area contributed by atoms with E-state index in [0.29, 0.717) is 29.3 Å². The zero-order valence-corrected chi connectivity index (χ0v) is 32.2. The minimum Gasteiger partial charge on any atom is -0.455 e. The number of nitrogens with one attached hydrogen (secondary N) is 1. The normalized spacial score (nSPS) is 29.8. The molecular weight excluding hydrogens is 726 g/mol. The van der Waals surface area contributed by atoms with E-state index in [-0.39, 0.29) is 36.7 Å². The number of benzene rings is 2. The van der Waals surface area contributed by atoms with E-state index in [1.807, 2.05) is 86.7 Å². The minimum absolute atomic E-state index is 0.0446. The lowest BCUT2D eigenvalue weighted by molar-refractivity contribution is -0.161. The van der Waals surface area contributed by atoms with Gasteiger partial charge in [0.2, 0.25) is 17.7 Å². The summed E-state index contributed by atoms with van der Waals surface area (Å²) in [6, 6.07) is 16.7. The number of cyclic esters (lactones) is 1. The number of allylic oxidation sites excluding steroid dienone is 1. The van der Waals surface area contributed by atoms with Crippen molar-refractivity contribution >= 4 is 39.6 Å². The van der Waals surface area contributed by atoms with Crippen molar-refractivity contribution in [3.63, 3.8) is 0 Å². The topological polar surface area (TPSA) is 125 Å². The van der Waals surface area contributed by atoms with Gasteiger partial charge in [0.25, 0.3) is 0 Å². The van der Waals surface area contributed by atoms with Crippen LogP contribution in [-0.4, -0.2) is 87.6 Å². The highest BCUT2D eigenvalue weighted by molar-refractivity contribution is 9.11. The molecule has 4 heterocycles. The molecule has 11 heteroatoms. The smallest absolute Gasteiger partial charge is 0.313 e. The number of halogens is 1. The van der Waals surface area contributed by atoms with Crippen LogP contribution in [0.5, 0.6) is 0 Å². The number of carbonyl (C=O) groups excluding carboxylic acids is 4. The van der Waals surface area contributed by atoms with Crippen LogP contribution in [0.1, 0.15) is 71.1 Å². The van der Waals surface area contributed by atoms with Crippen LogP contribution in [0.2, 0.25) is 0 Å². The van der Waals surface area contributed by atoms with Crippen molar-refractivity contribution in [1.29, 1.82) is 0 Å². The summed E-state index contributed by atoms with van der Waals surface area (Å²) in [5, 5.41) is 13.9. The second kappa shape index (κ2) is 14.9. The molecule has 0 radical (unpaired) electrons. The SMILES string of the molecule is CC(C)(C)CC(C)(C)N1C/C=C\CCC(=O)NC[C@@H](c2ccccc2)OC(=O)[C@@H]2[C@H]3O[C@@]4(C=C3Br)[C@H](C1=O)N([C@@H](CO)Cc1ccccc1)C(=O)[C@@H]24. The van der Waals surface area contributed by atoms with Gasteiger partial charge in [-0.25, -0.2) is 0 Å². The molecule has 7 atom stereocenters. The van der Waals surface area contributed by atoms with Crippen LogP contribution in [0.25, 0.3) is 0 Å². The van der Waals surface area contributed by atoms with Crippen molar-refractivity contribution in [3.8, 4) is 0 Å². The van der Waals surface area contributed by atoms with E-state index >= 15 is 9.59 Å². The highest BCUT2D eigenvalue weighted by atomic mass is 79.9. The van der Waals surface area contributed by atoms with Gasteiger partial charge in [-0.1, -0.05) is 110 Å². The molecule has 2 aromatic carbocycles. The van der Waals surface area contributed by atoms with Crippen molar-refractivity contribution in [2.45, 2.75) is 95.7 Å². The summed E-state index contributed by atoms with van der Waals surface area (Å²) in [5.74, 6) is -3.81. The average molecular weight is 777 g/mol. The summed E-state index contributed by atoms with van der Waals surface area (Å²) in [7, 11) is 0. The Balaban J connectivity index is 1.49. The van der Waals surface area contributed by atoms with E-state index in [9.17, 15) is 14.7 Å². The van der Waals surface area contributed by atoms with Crippen molar-refractivity contribution < 1.29 is 33.8 Å². The van der Waals surface area contributed by atoms with Crippen molar-refractivity contribution in [2.24, 2.45) is 17.3 Å². The Morgan fingerprint density at radius 2 is 1.63 bits per heavy atom. The Bertz CT molecular complexity index is 1720. The highest BCUT2D eigenvalue weighted by Crippen LogP contribution is 2.59. The van der Waals surface area contributed by atoms with E-state index in [2.05, 4.69) is 42.0 Å². The fourth-order valence-corrected chi connectivity index (χ4v) is 9.57. The van der Waals surface area contributed by atoms with E-state index in [1.54, 1.807) is 11.0 Å². The minimum atomic E-state index is -1.50. The number of hydrogen-bond acceptors (Lipinski definition) is 7. The lowest BCUT2D eigenvalue weighted by Crippen LogP contribution is -2.62. The van der Waals surface area contributed by atoms with Gasteiger partial charge in [-0.05, 0) is 55.7 Å². The van der Waals surface area contributed by atoms with Gasteiger partial charge < -0.3 is 29.7 Å². The maximum Gasteiger partial charge on any atom is 0.313 e. The summed E-state index contributed by atoms with van der Waals surface area (Å²) in [5.41, 5.74) is -0.759. The third kappa shape index (κ3) is 7.37. The predicted octanol–water partition coefficient (Wildman–Crippen LogP) is 5.26. The maximum absolute atomic E-state index is 15.5. The lowest BCUT2D eigenvalue weighted by atomic mass is 9.74. The van der Waals surface area contributed by atoms with E-state index in [4.69, 9.17) is 9.47 Å². The van der Waals surface area contributed by atoms with Crippen LogP contribution in [-0.2, 0) is 35.1 Å². The number of ether oxygens (including phenoxy) is 2. The third-order valence-electron chi connectivity index (χ3n) is 10.7. The van der Waals surface area contributed by atoms with Gasteiger partial charge in [-0.15, -0.1) is 0 Å². The Hall–Kier alpha value is -3.80. The predicted molar refractivity (Wildman–Crippen MR) is 200 cm³/mol. The van der Waals surface area contributed by atoms with Crippen LogP contribution in [0.15, 0.2) is 83.4 Å². The third-order valence-corrected chi connectivity index (χ3v) is 11.3. The Labute approximate surface area is 314 Å². The zero-order chi connectivity index (χ0) is 37.4. The monoisotopic (exact) mass is 775 g/mol. The molecule has 2 N–H and O–H groups in total. The van der Waals surface area contributed by atoms with Crippen molar-refractivity contribution in [3.05, 3.63) is 94.5 Å². The first-order valence-electron chi connectivity index (χ1n) is 18.2. The second-order valence-corrected chi connectivity index (χ2v) is 17.2. The number of aliphatic hydroxyl groups excluding tert-OH is 1. The number of fused-ring (bicyclic) bond motifs is 2. The number of amides is 3. The van der Waals surface area contributed by atoms with Crippen LogP contribution in [0, 0.1) is 17.3 Å². The summed E-state index contributed by atoms with van der Waals surface area (Å²) in [4.78, 5) is 61.2. The lowest BCUT2D eigenvalue weighted by Gasteiger charge is -2.46. The van der Waals surface area contributed by atoms with Crippen molar-refractivity contribution in [2.75, 3.05) is 19.7 Å². The number of esters is 1. The number of aliphatic hydroxyl groups is 1. The molecule has 278 valence electrons. The van der Waals surface area contributed by atoms with Gasteiger partial charge in [-0.3, -0.25) is 19.2 Å². The summed E-state index contributed by atoms with van der Waals surface area (Å²) >= 11 is 3.64. The number of nitrogens with zero attached hydrogens (tertiary/aromatic N) is 2. The quantitative estimate of drug-likeness (QED) is 0.291. The van der Waals surface area contributed by atoms with Crippen LogP contribution < -0.4 is 5.32 Å².